The Balaban J connectivity index is 2.34. The number of halogens is 1. The number of aliphatic carboxylic acids is 1. The van der Waals surface area contributed by atoms with Crippen LogP contribution in [0.4, 0.5) is 0 Å². The second-order valence-electron chi connectivity index (χ2n) is 6.91. The third-order valence-electron chi connectivity index (χ3n) is 4.61. The highest BCUT2D eigenvalue weighted by atomic mass is 35.5. The molecule has 2 aromatic rings. The van der Waals surface area contributed by atoms with Gasteiger partial charge in [-0.05, 0) is 18.6 Å². The third kappa shape index (κ3) is 6.51. The zero-order chi connectivity index (χ0) is 21.4. The van der Waals surface area contributed by atoms with Crippen molar-refractivity contribution in [3.63, 3.8) is 0 Å². The maximum absolute atomic E-state index is 12.7. The molecule has 1 heterocycles. The Kier molecular flexibility index (Phi) is 8.54. The van der Waals surface area contributed by atoms with Gasteiger partial charge in [0.15, 0.2) is 5.78 Å². The van der Waals surface area contributed by atoms with Crippen molar-refractivity contribution in [2.75, 3.05) is 6.61 Å². The molecule has 0 amide bonds. The van der Waals surface area contributed by atoms with Gasteiger partial charge in [0.2, 0.25) is 0 Å². The molecule has 0 saturated carbocycles. The number of aromatic nitrogens is 2. The minimum atomic E-state index is -1.24. The number of aliphatic hydroxyl groups is 1. The van der Waals surface area contributed by atoms with E-state index in [1.54, 1.807) is 24.3 Å². The molecule has 0 aliphatic heterocycles. The number of hydrogen-bond donors (Lipinski definition) is 2. The highest BCUT2D eigenvalue weighted by Crippen LogP contribution is 2.19. The Morgan fingerprint density at radius 3 is 2.48 bits per heavy atom. The van der Waals surface area contributed by atoms with Crippen LogP contribution in [-0.4, -0.2) is 38.1 Å². The van der Waals surface area contributed by atoms with Crippen LogP contribution in [0.2, 0.25) is 5.02 Å². The van der Waals surface area contributed by atoms with Crippen molar-refractivity contribution in [1.82, 2.24) is 9.55 Å². The summed E-state index contributed by atoms with van der Waals surface area (Å²) in [6.07, 6.45) is 2.96. The van der Waals surface area contributed by atoms with Crippen molar-refractivity contribution in [3.8, 4) is 11.3 Å². The lowest BCUT2D eigenvalue weighted by molar-refractivity contribution is -0.145. The number of carboxylic acids is 1. The van der Waals surface area contributed by atoms with Crippen LogP contribution in [0.25, 0.3) is 11.3 Å². The quantitative estimate of drug-likeness (QED) is 0.541. The van der Waals surface area contributed by atoms with Crippen molar-refractivity contribution in [2.45, 2.75) is 45.6 Å². The van der Waals surface area contributed by atoms with E-state index in [1.807, 2.05) is 0 Å². The molecule has 1 atom stereocenters. The molecule has 0 radical (unpaired) electrons. The molecule has 0 bridgehead atoms. The summed E-state index contributed by atoms with van der Waals surface area (Å²) in [4.78, 5) is 40.7. The van der Waals surface area contributed by atoms with Crippen LogP contribution in [0.3, 0.4) is 0 Å². The summed E-state index contributed by atoms with van der Waals surface area (Å²) in [6, 6.07) is 8.33. The largest absolute Gasteiger partial charge is 0.481 e. The van der Waals surface area contributed by atoms with Gasteiger partial charge in [0.05, 0.1) is 24.8 Å². The minimum Gasteiger partial charge on any atom is -0.481 e. The number of aliphatic hydroxyl groups excluding tert-OH is 1. The predicted molar refractivity (Wildman–Crippen MR) is 110 cm³/mol. The van der Waals surface area contributed by atoms with Crippen molar-refractivity contribution >= 4 is 23.4 Å². The minimum absolute atomic E-state index is 0.266. The van der Waals surface area contributed by atoms with Gasteiger partial charge in [-0.25, -0.2) is 4.98 Å². The Morgan fingerprint density at radius 2 is 1.90 bits per heavy atom. The average molecular weight is 421 g/mol. The normalized spacial score (nSPS) is 12.0. The van der Waals surface area contributed by atoms with Crippen LogP contribution in [0.1, 0.15) is 38.4 Å². The fourth-order valence-corrected chi connectivity index (χ4v) is 3.09. The number of unbranched alkanes of at least 4 members (excludes halogenated alkanes) is 2. The summed E-state index contributed by atoms with van der Waals surface area (Å²) in [5, 5.41) is 18.7. The number of nitrogens with zero attached hydrogens (tertiary/aromatic N) is 2. The number of Topliss-reactive ketones (excluding diaryl/α,β-unsaturated/α-hetero) is 1. The van der Waals surface area contributed by atoms with Crippen LogP contribution in [-0.2, 0) is 22.6 Å². The zero-order valence-corrected chi connectivity index (χ0v) is 17.1. The summed E-state index contributed by atoms with van der Waals surface area (Å²) in [5.74, 6) is -2.37. The van der Waals surface area contributed by atoms with E-state index in [9.17, 15) is 14.4 Å². The molecule has 0 aliphatic carbocycles. The monoisotopic (exact) mass is 420 g/mol. The summed E-state index contributed by atoms with van der Waals surface area (Å²) >= 11 is 5.92. The smallest absolute Gasteiger partial charge is 0.309 e. The van der Waals surface area contributed by atoms with Crippen LogP contribution >= 0.6 is 11.6 Å². The first-order valence-electron chi connectivity index (χ1n) is 9.57. The van der Waals surface area contributed by atoms with Gasteiger partial charge in [-0.1, -0.05) is 43.5 Å². The highest BCUT2D eigenvalue weighted by molar-refractivity contribution is 6.30. The van der Waals surface area contributed by atoms with E-state index in [-0.39, 0.29) is 18.5 Å². The van der Waals surface area contributed by atoms with Crippen molar-refractivity contribution in [2.24, 2.45) is 5.92 Å². The first-order valence-corrected chi connectivity index (χ1v) is 9.95. The standard InChI is InChI=1S/C21H25ClN2O5/c1-2-3-4-5-19-23-18(14-6-8-16(22)9-7-14)11-20(27)24(19)12-17(26)10-15(13-25)21(28)29/h6-9,11,15,25H,2-5,10,12-13H2,1H3,(H,28,29). The van der Waals surface area contributed by atoms with Crippen LogP contribution < -0.4 is 5.56 Å². The summed E-state index contributed by atoms with van der Waals surface area (Å²) in [6.45, 7) is 1.17. The molecule has 1 aromatic carbocycles. The van der Waals surface area contributed by atoms with Gasteiger partial charge in [-0.3, -0.25) is 19.0 Å². The molecule has 2 N–H and O–H groups in total. The van der Waals surface area contributed by atoms with Crippen molar-refractivity contribution in [3.05, 3.63) is 51.5 Å². The third-order valence-corrected chi connectivity index (χ3v) is 4.86. The summed E-state index contributed by atoms with van der Waals surface area (Å²) < 4.78 is 1.30. The van der Waals surface area contributed by atoms with Crippen molar-refractivity contribution in [1.29, 1.82) is 0 Å². The lowest BCUT2D eigenvalue weighted by atomic mass is 10.0. The molecule has 0 fully saturated rings. The van der Waals surface area contributed by atoms with Gasteiger partial charge in [0.25, 0.3) is 5.56 Å². The first kappa shape index (κ1) is 22.8. The van der Waals surface area contributed by atoms with Crippen LogP contribution in [0, 0.1) is 5.92 Å². The van der Waals surface area contributed by atoms with Gasteiger partial charge in [0, 0.05) is 29.5 Å². The SMILES string of the molecule is CCCCCc1nc(-c2ccc(Cl)cc2)cc(=O)n1CC(=O)CC(CO)C(=O)O. The van der Waals surface area contributed by atoms with E-state index in [2.05, 4.69) is 11.9 Å². The molecule has 0 aliphatic rings. The van der Waals surface area contributed by atoms with E-state index < -0.39 is 24.3 Å². The molecule has 2 rings (SSSR count). The Morgan fingerprint density at radius 1 is 1.21 bits per heavy atom. The molecule has 156 valence electrons. The molecule has 7 nitrogen and oxygen atoms in total. The predicted octanol–water partition coefficient (Wildman–Crippen LogP) is 2.95. The summed E-state index contributed by atoms with van der Waals surface area (Å²) in [5.41, 5.74) is 0.870. The van der Waals surface area contributed by atoms with E-state index in [4.69, 9.17) is 21.8 Å². The maximum atomic E-state index is 12.7. The molecule has 0 spiro atoms. The van der Waals surface area contributed by atoms with Gasteiger partial charge < -0.3 is 10.2 Å². The Bertz CT molecular complexity index is 908. The maximum Gasteiger partial charge on any atom is 0.309 e. The average Bonchev–Trinajstić information content (AvgIpc) is 2.68. The number of rotatable bonds is 11. The zero-order valence-electron chi connectivity index (χ0n) is 16.3. The van der Waals surface area contributed by atoms with E-state index in [0.717, 1.165) is 24.8 Å². The number of hydrogen-bond acceptors (Lipinski definition) is 5. The molecule has 8 heteroatoms. The Hall–Kier alpha value is -2.51. The number of carbonyl (C=O) groups excluding carboxylic acids is 1. The molecule has 1 aromatic heterocycles. The second-order valence-corrected chi connectivity index (χ2v) is 7.34. The van der Waals surface area contributed by atoms with E-state index >= 15 is 0 Å². The molecule has 29 heavy (non-hydrogen) atoms. The number of benzene rings is 1. The Labute approximate surface area is 174 Å². The van der Waals surface area contributed by atoms with Gasteiger partial charge >= 0.3 is 5.97 Å². The van der Waals surface area contributed by atoms with Crippen LogP contribution in [0.15, 0.2) is 35.1 Å². The molecule has 1 unspecified atom stereocenters. The summed E-state index contributed by atoms with van der Waals surface area (Å²) in [7, 11) is 0. The molecular weight excluding hydrogens is 396 g/mol. The number of carbonyl (C=O) groups is 2. The fourth-order valence-electron chi connectivity index (χ4n) is 2.96. The second kappa shape index (κ2) is 10.9. The van der Waals surface area contributed by atoms with Crippen LogP contribution in [0.5, 0.6) is 0 Å². The van der Waals surface area contributed by atoms with E-state index in [0.29, 0.717) is 23.0 Å². The van der Waals surface area contributed by atoms with Gasteiger partial charge in [-0.15, -0.1) is 0 Å². The van der Waals surface area contributed by atoms with Crippen molar-refractivity contribution < 1.29 is 19.8 Å². The number of ketones is 1. The topological polar surface area (TPSA) is 109 Å². The lowest BCUT2D eigenvalue weighted by Crippen LogP contribution is -2.30. The van der Waals surface area contributed by atoms with E-state index in [1.165, 1.54) is 10.6 Å². The highest BCUT2D eigenvalue weighted by Gasteiger charge is 2.21. The first-order chi connectivity index (χ1) is 13.8. The fraction of sp³-hybridized carbons (Fsp3) is 0.429. The molecular formula is C21H25ClN2O5. The lowest BCUT2D eigenvalue weighted by Gasteiger charge is -2.14. The molecule has 0 saturated heterocycles. The number of aryl methyl sites for hydroxylation is 1. The van der Waals surface area contributed by atoms with Gasteiger partial charge in [0.1, 0.15) is 5.82 Å². The van der Waals surface area contributed by atoms with Gasteiger partial charge in [-0.2, -0.15) is 0 Å². The number of carboxylic acid groups (broad SMARTS) is 1.